The third-order valence-corrected chi connectivity index (χ3v) is 2.22. The van der Waals surface area contributed by atoms with Gasteiger partial charge in [-0.25, -0.2) is 13.6 Å². The van der Waals surface area contributed by atoms with Gasteiger partial charge in [-0.3, -0.25) is 0 Å². The predicted molar refractivity (Wildman–Crippen MR) is 58.6 cm³/mol. The minimum atomic E-state index is -2.79. The number of rotatable bonds is 4. The van der Waals surface area contributed by atoms with E-state index in [9.17, 15) is 13.6 Å². The fraction of sp³-hybridized carbons (Fsp3) is 0.333. The molecule has 0 atom stereocenters. The second kappa shape index (κ2) is 5.96. The van der Waals surface area contributed by atoms with E-state index in [1.54, 1.807) is 13.0 Å². The van der Waals surface area contributed by atoms with Crippen LogP contribution in [0.25, 0.3) is 0 Å². The van der Waals surface area contributed by atoms with Crippen LogP contribution in [0.5, 0.6) is 5.75 Å². The maximum atomic E-state index is 12.7. The van der Waals surface area contributed by atoms with Crippen molar-refractivity contribution in [3.63, 3.8) is 0 Å². The third-order valence-electron chi connectivity index (χ3n) is 2.22. The Balaban J connectivity index is 3.36. The standard InChI is InChI=1S/C12H11F2NO3/c1-3-18-12(16)8-5-10(17-2)9(11(13)14)4-7(8)6-15/h4-5,11H,3H2,1-2H3. The Morgan fingerprint density at radius 2 is 2.17 bits per heavy atom. The number of ether oxygens (including phenoxy) is 2. The first kappa shape index (κ1) is 13.9. The summed E-state index contributed by atoms with van der Waals surface area (Å²) in [6.07, 6.45) is -2.79. The highest BCUT2D eigenvalue weighted by Gasteiger charge is 2.21. The number of benzene rings is 1. The molecule has 0 bridgehead atoms. The SMILES string of the molecule is CCOC(=O)c1cc(OC)c(C(F)F)cc1C#N. The van der Waals surface area contributed by atoms with E-state index in [-0.39, 0.29) is 23.5 Å². The lowest BCUT2D eigenvalue weighted by Gasteiger charge is -2.11. The van der Waals surface area contributed by atoms with Gasteiger partial charge in [0, 0.05) is 0 Å². The van der Waals surface area contributed by atoms with Gasteiger partial charge in [0.05, 0.1) is 30.4 Å². The van der Waals surface area contributed by atoms with Crippen molar-refractivity contribution < 1.29 is 23.0 Å². The van der Waals surface area contributed by atoms with Crippen LogP contribution in [0, 0.1) is 11.3 Å². The summed E-state index contributed by atoms with van der Waals surface area (Å²) in [6, 6.07) is 3.73. The van der Waals surface area contributed by atoms with Gasteiger partial charge in [0.15, 0.2) is 0 Å². The molecule has 0 saturated carbocycles. The van der Waals surface area contributed by atoms with E-state index in [2.05, 4.69) is 0 Å². The van der Waals surface area contributed by atoms with Crippen LogP contribution in [-0.2, 0) is 4.74 Å². The molecule has 0 saturated heterocycles. The Morgan fingerprint density at radius 3 is 2.61 bits per heavy atom. The molecule has 0 aliphatic rings. The lowest BCUT2D eigenvalue weighted by atomic mass is 10.0. The number of nitriles is 1. The van der Waals surface area contributed by atoms with Crippen LogP contribution in [-0.4, -0.2) is 19.7 Å². The highest BCUT2D eigenvalue weighted by atomic mass is 19.3. The quantitative estimate of drug-likeness (QED) is 0.776. The number of carbonyl (C=O) groups excluding carboxylic acids is 1. The molecule has 1 aromatic rings. The van der Waals surface area contributed by atoms with E-state index in [4.69, 9.17) is 14.7 Å². The van der Waals surface area contributed by atoms with Crippen molar-refractivity contribution in [2.24, 2.45) is 0 Å². The van der Waals surface area contributed by atoms with E-state index >= 15 is 0 Å². The van der Waals surface area contributed by atoms with Crippen LogP contribution < -0.4 is 4.74 Å². The Bertz CT molecular complexity index is 495. The molecule has 1 rings (SSSR count). The van der Waals surface area contributed by atoms with Gasteiger partial charge in [0.1, 0.15) is 11.8 Å². The first-order valence-corrected chi connectivity index (χ1v) is 5.12. The number of methoxy groups -OCH3 is 1. The van der Waals surface area contributed by atoms with Crippen LogP contribution in [0.2, 0.25) is 0 Å². The number of alkyl halides is 2. The number of hydrogen-bond donors (Lipinski definition) is 0. The number of hydrogen-bond acceptors (Lipinski definition) is 4. The molecule has 0 radical (unpaired) electrons. The molecule has 0 amide bonds. The number of halogens is 2. The van der Waals surface area contributed by atoms with Gasteiger partial charge in [-0.15, -0.1) is 0 Å². The summed E-state index contributed by atoms with van der Waals surface area (Å²) in [6.45, 7) is 1.73. The van der Waals surface area contributed by atoms with Gasteiger partial charge in [-0.2, -0.15) is 5.26 Å². The maximum absolute atomic E-state index is 12.7. The molecule has 0 N–H and O–H groups in total. The van der Waals surface area contributed by atoms with Crippen molar-refractivity contribution in [3.8, 4) is 11.8 Å². The van der Waals surface area contributed by atoms with E-state index in [0.717, 1.165) is 12.1 Å². The summed E-state index contributed by atoms with van der Waals surface area (Å²) in [5.41, 5.74) is -0.674. The first-order valence-electron chi connectivity index (χ1n) is 5.12. The van der Waals surface area contributed by atoms with E-state index in [1.165, 1.54) is 7.11 Å². The summed E-state index contributed by atoms with van der Waals surface area (Å²) in [5.74, 6) is -0.889. The van der Waals surface area contributed by atoms with Crippen LogP contribution in [0.1, 0.15) is 34.8 Å². The van der Waals surface area contributed by atoms with E-state index in [0.29, 0.717) is 0 Å². The van der Waals surface area contributed by atoms with Crippen LogP contribution in [0.15, 0.2) is 12.1 Å². The molecule has 6 heteroatoms. The molecule has 18 heavy (non-hydrogen) atoms. The van der Waals surface area contributed by atoms with Crippen molar-refractivity contribution in [3.05, 3.63) is 28.8 Å². The first-order chi connectivity index (χ1) is 8.54. The second-order valence-electron chi connectivity index (χ2n) is 3.27. The van der Waals surface area contributed by atoms with Gasteiger partial charge in [0.25, 0.3) is 6.43 Å². The van der Waals surface area contributed by atoms with Gasteiger partial charge in [-0.05, 0) is 19.1 Å². The van der Waals surface area contributed by atoms with Gasteiger partial charge < -0.3 is 9.47 Å². The zero-order valence-corrected chi connectivity index (χ0v) is 9.87. The molecule has 0 fully saturated rings. The molecular formula is C12H11F2NO3. The minimum Gasteiger partial charge on any atom is -0.496 e. The highest BCUT2D eigenvalue weighted by molar-refractivity contribution is 5.93. The van der Waals surface area contributed by atoms with Gasteiger partial charge in [0.2, 0.25) is 0 Å². The Morgan fingerprint density at radius 1 is 1.50 bits per heavy atom. The minimum absolute atomic E-state index is 0.0828. The predicted octanol–water partition coefficient (Wildman–Crippen LogP) is 2.68. The molecular weight excluding hydrogens is 244 g/mol. The van der Waals surface area contributed by atoms with Crippen LogP contribution in [0.3, 0.4) is 0 Å². The smallest absolute Gasteiger partial charge is 0.339 e. The van der Waals surface area contributed by atoms with Crippen LogP contribution >= 0.6 is 0 Å². The van der Waals surface area contributed by atoms with Crippen molar-refractivity contribution in [1.29, 1.82) is 5.26 Å². The molecule has 0 spiro atoms. The normalized spacial score (nSPS) is 10.0. The van der Waals surface area contributed by atoms with Gasteiger partial charge in [-0.1, -0.05) is 0 Å². The molecule has 4 nitrogen and oxygen atoms in total. The lowest BCUT2D eigenvalue weighted by molar-refractivity contribution is 0.0525. The largest absolute Gasteiger partial charge is 0.496 e. The molecule has 0 heterocycles. The van der Waals surface area contributed by atoms with Crippen molar-refractivity contribution in [2.45, 2.75) is 13.3 Å². The second-order valence-corrected chi connectivity index (χ2v) is 3.27. The number of nitrogens with zero attached hydrogens (tertiary/aromatic N) is 1. The molecule has 0 unspecified atom stereocenters. The molecule has 96 valence electrons. The van der Waals surface area contributed by atoms with Crippen molar-refractivity contribution in [2.75, 3.05) is 13.7 Å². The zero-order chi connectivity index (χ0) is 13.7. The van der Waals surface area contributed by atoms with Crippen molar-refractivity contribution in [1.82, 2.24) is 0 Å². The average Bonchev–Trinajstić information content (AvgIpc) is 2.37. The summed E-state index contributed by atoms with van der Waals surface area (Å²) in [5, 5.41) is 8.86. The summed E-state index contributed by atoms with van der Waals surface area (Å²) in [7, 11) is 1.21. The van der Waals surface area contributed by atoms with Crippen molar-refractivity contribution >= 4 is 5.97 Å². The Hall–Kier alpha value is -2.16. The summed E-state index contributed by atoms with van der Waals surface area (Å²) < 4.78 is 34.9. The third kappa shape index (κ3) is 2.74. The van der Waals surface area contributed by atoms with E-state index < -0.39 is 18.0 Å². The maximum Gasteiger partial charge on any atom is 0.339 e. The Labute approximate surface area is 103 Å². The van der Waals surface area contributed by atoms with Gasteiger partial charge >= 0.3 is 5.97 Å². The van der Waals surface area contributed by atoms with E-state index in [1.807, 2.05) is 0 Å². The topological polar surface area (TPSA) is 59.3 Å². The lowest BCUT2D eigenvalue weighted by Crippen LogP contribution is -2.08. The molecule has 0 aromatic heterocycles. The number of carbonyl (C=O) groups is 1. The zero-order valence-electron chi connectivity index (χ0n) is 9.87. The summed E-state index contributed by atoms with van der Waals surface area (Å²) >= 11 is 0. The highest BCUT2D eigenvalue weighted by Crippen LogP contribution is 2.31. The monoisotopic (exact) mass is 255 g/mol. The summed E-state index contributed by atoms with van der Waals surface area (Å²) in [4.78, 5) is 11.6. The average molecular weight is 255 g/mol. The molecule has 0 aliphatic carbocycles. The Kier molecular flexibility index (Phi) is 4.60. The molecule has 1 aromatic carbocycles. The van der Waals surface area contributed by atoms with Crippen LogP contribution in [0.4, 0.5) is 8.78 Å². The fourth-order valence-electron chi connectivity index (χ4n) is 1.41. The number of esters is 1. The molecule has 0 aliphatic heterocycles. The fourth-order valence-corrected chi connectivity index (χ4v) is 1.41.